The maximum absolute atomic E-state index is 4.71. The fourth-order valence-electron chi connectivity index (χ4n) is 2.77. The van der Waals surface area contributed by atoms with Crippen molar-refractivity contribution in [1.29, 1.82) is 0 Å². The highest BCUT2D eigenvalue weighted by Gasteiger charge is 2.17. The number of aliphatic imine (C=N–C) groups is 1. The Labute approximate surface area is 159 Å². The van der Waals surface area contributed by atoms with Crippen LogP contribution < -0.4 is 10.6 Å². The van der Waals surface area contributed by atoms with E-state index in [1.165, 1.54) is 16.5 Å². The van der Waals surface area contributed by atoms with Crippen LogP contribution in [0.1, 0.15) is 37.0 Å². The lowest BCUT2D eigenvalue weighted by molar-refractivity contribution is 0.570. The van der Waals surface area contributed by atoms with Crippen molar-refractivity contribution in [3.8, 4) is 0 Å². The van der Waals surface area contributed by atoms with Crippen molar-refractivity contribution in [2.75, 3.05) is 13.6 Å². The maximum atomic E-state index is 4.71. The van der Waals surface area contributed by atoms with E-state index >= 15 is 0 Å². The van der Waals surface area contributed by atoms with Crippen LogP contribution in [-0.4, -0.2) is 29.5 Å². The van der Waals surface area contributed by atoms with Gasteiger partial charge in [0.05, 0.1) is 12.2 Å². The Morgan fingerprint density at radius 1 is 1.23 bits per heavy atom. The zero-order valence-electron chi connectivity index (χ0n) is 15.9. The molecule has 0 saturated carbocycles. The third kappa shape index (κ3) is 4.43. The van der Waals surface area contributed by atoms with Gasteiger partial charge in [0.1, 0.15) is 5.01 Å². The van der Waals surface area contributed by atoms with Crippen molar-refractivity contribution in [2.24, 2.45) is 4.99 Å². The van der Waals surface area contributed by atoms with E-state index in [9.17, 15) is 0 Å². The van der Waals surface area contributed by atoms with Gasteiger partial charge in [-0.25, -0.2) is 4.98 Å². The van der Waals surface area contributed by atoms with E-state index in [1.54, 1.807) is 18.4 Å². The minimum atomic E-state index is 0.0913. The number of benzene rings is 1. The monoisotopic (exact) mass is 369 g/mol. The van der Waals surface area contributed by atoms with Crippen molar-refractivity contribution in [3.05, 3.63) is 52.1 Å². The van der Waals surface area contributed by atoms with Crippen molar-refractivity contribution >= 4 is 28.2 Å². The van der Waals surface area contributed by atoms with Crippen LogP contribution in [0.4, 0.5) is 0 Å². The number of para-hydroxylation sites is 1. The van der Waals surface area contributed by atoms with E-state index in [0.717, 1.165) is 29.6 Å². The molecule has 26 heavy (non-hydrogen) atoms. The minimum absolute atomic E-state index is 0.0913. The van der Waals surface area contributed by atoms with Crippen LogP contribution in [0.25, 0.3) is 10.9 Å². The molecule has 0 aliphatic carbocycles. The SMILES string of the molecule is CN=C(NCCc1c[nH]c2ccccc12)NCc1nc(C(C)(C)C)cs1. The second kappa shape index (κ2) is 7.91. The number of hydrogen-bond donors (Lipinski definition) is 3. The molecule has 0 unspecified atom stereocenters. The minimum Gasteiger partial charge on any atom is -0.361 e. The molecule has 5 nitrogen and oxygen atoms in total. The number of rotatable bonds is 5. The Hall–Kier alpha value is -2.34. The molecule has 0 saturated heterocycles. The number of hydrogen-bond acceptors (Lipinski definition) is 3. The molecule has 3 N–H and O–H groups in total. The van der Waals surface area contributed by atoms with Crippen LogP contribution in [0.5, 0.6) is 0 Å². The van der Waals surface area contributed by atoms with E-state index in [4.69, 9.17) is 4.98 Å². The summed E-state index contributed by atoms with van der Waals surface area (Å²) in [7, 11) is 1.80. The van der Waals surface area contributed by atoms with E-state index < -0.39 is 0 Å². The number of aromatic amines is 1. The molecule has 0 fully saturated rings. The Morgan fingerprint density at radius 2 is 2.04 bits per heavy atom. The lowest BCUT2D eigenvalue weighted by atomic mass is 9.93. The van der Waals surface area contributed by atoms with Crippen LogP contribution in [0, 0.1) is 0 Å². The molecule has 0 aliphatic heterocycles. The fraction of sp³-hybridized carbons (Fsp3) is 0.400. The van der Waals surface area contributed by atoms with E-state index in [-0.39, 0.29) is 5.41 Å². The quantitative estimate of drug-likeness (QED) is 0.473. The second-order valence-corrected chi connectivity index (χ2v) is 8.28. The summed E-state index contributed by atoms with van der Waals surface area (Å²) in [4.78, 5) is 12.3. The Bertz CT molecular complexity index is 885. The molecule has 0 aliphatic rings. The highest BCUT2D eigenvalue weighted by atomic mass is 32.1. The molecule has 1 aromatic carbocycles. The summed E-state index contributed by atoms with van der Waals surface area (Å²) in [6, 6.07) is 8.39. The van der Waals surface area contributed by atoms with Crippen LogP contribution in [-0.2, 0) is 18.4 Å². The number of aromatic nitrogens is 2. The van der Waals surface area contributed by atoms with Gasteiger partial charge in [0.25, 0.3) is 0 Å². The standard InChI is InChI=1S/C20H27N5S/c1-20(2,3)17-13-26-18(25-17)12-24-19(21-4)22-10-9-14-11-23-16-8-6-5-7-15(14)16/h5-8,11,13,23H,9-10,12H2,1-4H3,(H2,21,22,24). The predicted octanol–water partition coefficient (Wildman–Crippen LogP) is 3.83. The Kier molecular flexibility index (Phi) is 5.61. The number of thiazole rings is 1. The topological polar surface area (TPSA) is 65.1 Å². The first-order chi connectivity index (χ1) is 12.5. The molecule has 2 heterocycles. The lowest BCUT2D eigenvalue weighted by Crippen LogP contribution is -2.37. The van der Waals surface area contributed by atoms with Crippen LogP contribution in [0.15, 0.2) is 40.8 Å². The third-order valence-electron chi connectivity index (χ3n) is 4.31. The van der Waals surface area contributed by atoms with Gasteiger partial charge in [-0.1, -0.05) is 39.0 Å². The summed E-state index contributed by atoms with van der Waals surface area (Å²) in [5.41, 5.74) is 3.73. The summed E-state index contributed by atoms with van der Waals surface area (Å²) in [6.45, 7) is 8.07. The summed E-state index contributed by atoms with van der Waals surface area (Å²) in [5.74, 6) is 0.803. The zero-order valence-corrected chi connectivity index (χ0v) is 16.7. The smallest absolute Gasteiger partial charge is 0.191 e. The first-order valence-corrected chi connectivity index (χ1v) is 9.80. The second-order valence-electron chi connectivity index (χ2n) is 7.34. The Morgan fingerprint density at radius 3 is 2.77 bits per heavy atom. The maximum Gasteiger partial charge on any atom is 0.191 e. The van der Waals surface area contributed by atoms with Gasteiger partial charge in [0.2, 0.25) is 0 Å². The summed E-state index contributed by atoms with van der Waals surface area (Å²) in [6.07, 6.45) is 3.03. The highest BCUT2D eigenvalue weighted by Crippen LogP contribution is 2.23. The number of guanidine groups is 1. The van der Waals surface area contributed by atoms with Gasteiger partial charge in [-0.05, 0) is 18.1 Å². The van der Waals surface area contributed by atoms with E-state index in [1.807, 2.05) is 0 Å². The molecule has 0 amide bonds. The predicted molar refractivity (Wildman–Crippen MR) is 111 cm³/mol. The van der Waals surface area contributed by atoms with Gasteiger partial charge in [-0.2, -0.15) is 0 Å². The molecule has 3 rings (SSSR count). The zero-order chi connectivity index (χ0) is 18.6. The highest BCUT2D eigenvalue weighted by molar-refractivity contribution is 7.09. The number of nitrogens with one attached hydrogen (secondary N) is 3. The van der Waals surface area contributed by atoms with Crippen molar-refractivity contribution in [3.63, 3.8) is 0 Å². The van der Waals surface area contributed by atoms with Gasteiger partial charge < -0.3 is 15.6 Å². The van der Waals surface area contributed by atoms with Crippen molar-refractivity contribution in [1.82, 2.24) is 20.6 Å². The average molecular weight is 370 g/mol. The fourth-order valence-corrected chi connectivity index (χ4v) is 3.73. The molecule has 138 valence electrons. The third-order valence-corrected chi connectivity index (χ3v) is 5.16. The van der Waals surface area contributed by atoms with E-state index in [2.05, 4.69) is 77.2 Å². The molecule has 0 radical (unpaired) electrons. The normalized spacial score (nSPS) is 12.5. The summed E-state index contributed by atoms with van der Waals surface area (Å²) >= 11 is 1.69. The average Bonchev–Trinajstić information content (AvgIpc) is 3.25. The first kappa shape index (κ1) is 18.5. The van der Waals surface area contributed by atoms with Gasteiger partial charge in [-0.15, -0.1) is 11.3 Å². The van der Waals surface area contributed by atoms with Crippen LogP contribution in [0.3, 0.4) is 0 Å². The molecular formula is C20H27N5S. The first-order valence-electron chi connectivity index (χ1n) is 8.92. The van der Waals surface area contributed by atoms with Crippen molar-refractivity contribution in [2.45, 2.75) is 39.2 Å². The number of H-pyrrole nitrogens is 1. The van der Waals surface area contributed by atoms with Gasteiger partial charge >= 0.3 is 0 Å². The van der Waals surface area contributed by atoms with E-state index in [0.29, 0.717) is 6.54 Å². The molecule has 3 aromatic rings. The van der Waals surface area contributed by atoms with Crippen LogP contribution in [0.2, 0.25) is 0 Å². The van der Waals surface area contributed by atoms with Crippen LogP contribution >= 0.6 is 11.3 Å². The molecule has 0 bridgehead atoms. The summed E-state index contributed by atoms with van der Waals surface area (Å²) < 4.78 is 0. The molecular weight excluding hydrogens is 342 g/mol. The molecule has 0 spiro atoms. The molecule has 6 heteroatoms. The number of fused-ring (bicyclic) bond motifs is 1. The summed E-state index contributed by atoms with van der Waals surface area (Å²) in [5, 5.41) is 11.2. The van der Waals surface area contributed by atoms with Gasteiger partial charge in [0.15, 0.2) is 5.96 Å². The molecule has 2 aromatic heterocycles. The van der Waals surface area contributed by atoms with Gasteiger partial charge in [-0.3, -0.25) is 4.99 Å². The largest absolute Gasteiger partial charge is 0.361 e. The molecule has 0 atom stereocenters. The number of nitrogens with zero attached hydrogens (tertiary/aromatic N) is 2. The van der Waals surface area contributed by atoms with Crippen molar-refractivity contribution < 1.29 is 0 Å². The lowest BCUT2D eigenvalue weighted by Gasteiger charge is -2.14. The van der Waals surface area contributed by atoms with Gasteiger partial charge in [0, 0.05) is 41.5 Å². The Balaban J connectivity index is 1.50.